The topological polar surface area (TPSA) is 136 Å². The molecule has 0 radical (unpaired) electrons. The van der Waals surface area contributed by atoms with E-state index in [2.05, 4.69) is 20.0 Å². The number of benzene rings is 2. The van der Waals surface area contributed by atoms with Crippen LogP contribution in [0.5, 0.6) is 11.5 Å². The number of hydrogen-bond acceptors (Lipinski definition) is 7. The number of ether oxygens (including phenoxy) is 2. The molecule has 10 nitrogen and oxygen atoms in total. The molecule has 44 heavy (non-hydrogen) atoms. The van der Waals surface area contributed by atoms with Gasteiger partial charge in [0, 0.05) is 16.8 Å². The Hall–Kier alpha value is -4.60. The van der Waals surface area contributed by atoms with Gasteiger partial charge in [-0.3, -0.25) is 9.59 Å². The van der Waals surface area contributed by atoms with E-state index in [1.807, 2.05) is 0 Å². The van der Waals surface area contributed by atoms with Gasteiger partial charge in [-0.05, 0) is 70.2 Å². The van der Waals surface area contributed by atoms with E-state index in [0.717, 1.165) is 30.5 Å². The highest BCUT2D eigenvalue weighted by molar-refractivity contribution is 7.93. The van der Waals surface area contributed by atoms with Crippen molar-refractivity contribution in [2.75, 3.05) is 18.1 Å². The van der Waals surface area contributed by atoms with Gasteiger partial charge < -0.3 is 20.1 Å². The first kappa shape index (κ1) is 33.9. The van der Waals surface area contributed by atoms with Gasteiger partial charge in [0.2, 0.25) is 5.95 Å². The maximum absolute atomic E-state index is 15.2. The third kappa shape index (κ3) is 8.95. The van der Waals surface area contributed by atoms with Gasteiger partial charge in [-0.2, -0.15) is 21.9 Å². The second kappa shape index (κ2) is 13.0. The predicted molar refractivity (Wildman–Crippen MR) is 149 cm³/mol. The summed E-state index contributed by atoms with van der Waals surface area (Å²) in [6, 6.07) is 8.12. The molecule has 2 N–H and O–H groups in total. The van der Waals surface area contributed by atoms with Crippen LogP contribution in [0.15, 0.2) is 57.8 Å². The molecule has 236 valence electrons. The molecular weight excluding hydrogens is 615 g/mol. The Morgan fingerprint density at radius 2 is 1.66 bits per heavy atom. The van der Waals surface area contributed by atoms with Crippen molar-refractivity contribution >= 4 is 33.3 Å². The van der Waals surface area contributed by atoms with Crippen LogP contribution in [-0.4, -0.2) is 45.5 Å². The number of aromatic nitrogens is 1. The van der Waals surface area contributed by atoms with Crippen LogP contribution in [0.1, 0.15) is 42.4 Å². The number of rotatable bonds is 7. The summed E-state index contributed by atoms with van der Waals surface area (Å²) >= 11 is 0. The van der Waals surface area contributed by atoms with Crippen LogP contribution in [0.2, 0.25) is 0 Å². The van der Waals surface area contributed by atoms with Gasteiger partial charge in [0.05, 0.1) is 21.0 Å². The zero-order valence-electron chi connectivity index (χ0n) is 24.0. The van der Waals surface area contributed by atoms with Crippen LogP contribution in [0.4, 0.5) is 32.4 Å². The van der Waals surface area contributed by atoms with Gasteiger partial charge in [-0.15, -0.1) is 0 Å². The summed E-state index contributed by atoms with van der Waals surface area (Å²) < 4.78 is 96.4. The molecule has 1 aromatic heterocycles. The van der Waals surface area contributed by atoms with Crippen LogP contribution in [0.3, 0.4) is 0 Å². The molecule has 0 saturated heterocycles. The second-order valence-electron chi connectivity index (χ2n) is 10.2. The van der Waals surface area contributed by atoms with Crippen molar-refractivity contribution in [2.45, 2.75) is 44.4 Å². The summed E-state index contributed by atoms with van der Waals surface area (Å²) in [5.41, 5.74) is -3.86. The van der Waals surface area contributed by atoms with E-state index in [9.17, 15) is 36.2 Å². The van der Waals surface area contributed by atoms with Crippen molar-refractivity contribution in [3.63, 3.8) is 0 Å². The van der Waals surface area contributed by atoms with Crippen LogP contribution < -0.4 is 15.4 Å². The first-order chi connectivity index (χ1) is 20.3. The lowest BCUT2D eigenvalue weighted by Crippen LogP contribution is -2.35. The van der Waals surface area contributed by atoms with E-state index in [1.165, 1.54) is 25.1 Å². The molecule has 16 heteroatoms. The van der Waals surface area contributed by atoms with E-state index < -0.39 is 74.6 Å². The molecule has 0 aliphatic rings. The Balaban J connectivity index is 1.91. The third-order valence-corrected chi connectivity index (χ3v) is 7.13. The predicted octanol–water partition coefficient (Wildman–Crippen LogP) is 6.24. The Morgan fingerprint density at radius 1 is 1.00 bits per heavy atom. The molecule has 3 aromatic rings. The zero-order valence-corrected chi connectivity index (χ0v) is 24.8. The number of halogens is 5. The molecule has 1 atom stereocenters. The first-order valence-electron chi connectivity index (χ1n) is 12.6. The number of hydrogen-bond donors (Lipinski definition) is 2. The average Bonchev–Trinajstić information content (AvgIpc) is 2.87. The van der Waals surface area contributed by atoms with Gasteiger partial charge in [0.15, 0.2) is 5.82 Å². The molecule has 3 amide bonds. The van der Waals surface area contributed by atoms with Gasteiger partial charge in [0.1, 0.15) is 29.2 Å². The van der Waals surface area contributed by atoms with Gasteiger partial charge in [0.25, 0.3) is 11.8 Å². The molecule has 1 heterocycles. The standard InChI is InChI=1S/C28H27F5N4O6S/c1-15-19(11-12-21(29)35-15)42-20-10-9-18(28(31,32)33)24(30)23(20)25(39)36-16-7-6-8-17(13-16)44(5,41)37-22(38)14-34-26(40)43-27(2,3)4/h6-13H,14H2,1-5H3,(H,34,40)(H,36,39)/t44-/m1/s1. The summed E-state index contributed by atoms with van der Waals surface area (Å²) in [6.07, 6.45) is -4.95. The lowest BCUT2D eigenvalue weighted by molar-refractivity contribution is -0.140. The van der Waals surface area contributed by atoms with Crippen LogP contribution in [0.25, 0.3) is 0 Å². The Labute approximate surface area is 249 Å². The van der Waals surface area contributed by atoms with Crippen molar-refractivity contribution in [1.82, 2.24) is 10.3 Å². The smallest absolute Gasteiger partial charge is 0.419 e. The van der Waals surface area contributed by atoms with Crippen LogP contribution in [0, 0.1) is 18.7 Å². The number of pyridine rings is 1. The number of alkyl carbamates (subject to hydrolysis) is 1. The van der Waals surface area contributed by atoms with E-state index in [4.69, 9.17) is 9.47 Å². The number of carbonyl (C=O) groups is 3. The fourth-order valence-electron chi connectivity index (χ4n) is 3.56. The number of carbonyl (C=O) groups excluding carboxylic acids is 3. The molecule has 0 fully saturated rings. The molecule has 0 aliphatic heterocycles. The minimum absolute atomic E-state index is 0.0262. The largest absolute Gasteiger partial charge is 0.455 e. The Bertz CT molecular complexity index is 1730. The molecule has 3 rings (SSSR count). The minimum atomic E-state index is -5.16. The monoisotopic (exact) mass is 642 g/mol. The lowest BCUT2D eigenvalue weighted by Gasteiger charge is -2.19. The molecule has 0 spiro atoms. The number of anilines is 1. The average molecular weight is 643 g/mol. The number of alkyl halides is 3. The van der Waals surface area contributed by atoms with E-state index in [1.54, 1.807) is 20.8 Å². The fraction of sp³-hybridized carbons (Fsp3) is 0.286. The quantitative estimate of drug-likeness (QED) is 0.230. The molecule has 0 unspecified atom stereocenters. The summed E-state index contributed by atoms with van der Waals surface area (Å²) in [5.74, 6) is -5.92. The number of aryl methyl sites for hydroxylation is 1. The highest BCUT2D eigenvalue weighted by Crippen LogP contribution is 2.38. The molecule has 0 aliphatic carbocycles. The van der Waals surface area contributed by atoms with Crippen molar-refractivity contribution in [1.29, 1.82) is 0 Å². The van der Waals surface area contributed by atoms with Crippen LogP contribution in [-0.2, 0) is 25.4 Å². The van der Waals surface area contributed by atoms with Gasteiger partial charge >= 0.3 is 12.3 Å². The maximum Gasteiger partial charge on any atom is 0.419 e. The van der Waals surface area contributed by atoms with Crippen molar-refractivity contribution in [3.05, 3.63) is 77.1 Å². The number of nitrogens with one attached hydrogen (secondary N) is 2. The van der Waals surface area contributed by atoms with E-state index in [0.29, 0.717) is 6.07 Å². The molecule has 0 saturated carbocycles. The minimum Gasteiger partial charge on any atom is -0.455 e. The summed E-state index contributed by atoms with van der Waals surface area (Å²) in [6.45, 7) is 5.54. The highest BCUT2D eigenvalue weighted by Gasteiger charge is 2.37. The second-order valence-corrected chi connectivity index (χ2v) is 12.5. The first-order valence-corrected chi connectivity index (χ1v) is 14.5. The fourth-order valence-corrected chi connectivity index (χ4v) is 4.80. The summed E-state index contributed by atoms with van der Waals surface area (Å²) in [7, 11) is -3.46. The van der Waals surface area contributed by atoms with Gasteiger partial charge in [-0.25, -0.2) is 18.4 Å². The molecule has 2 aromatic carbocycles. The van der Waals surface area contributed by atoms with Crippen molar-refractivity contribution < 1.29 is 50.0 Å². The maximum atomic E-state index is 15.2. The van der Waals surface area contributed by atoms with Crippen molar-refractivity contribution in [2.24, 2.45) is 4.36 Å². The molecule has 0 bridgehead atoms. The Kier molecular flexibility index (Phi) is 9.98. The number of amides is 3. The zero-order chi connectivity index (χ0) is 33.0. The SMILES string of the molecule is Cc1nc(F)ccc1Oc1ccc(C(F)(F)F)c(F)c1C(=O)Nc1cccc([S@@](C)(=O)=NC(=O)CNC(=O)OC(C)(C)C)c1. The summed E-state index contributed by atoms with van der Waals surface area (Å²) in [4.78, 5) is 40.7. The van der Waals surface area contributed by atoms with Crippen LogP contribution >= 0.6 is 0 Å². The third-order valence-electron chi connectivity index (χ3n) is 5.45. The van der Waals surface area contributed by atoms with Gasteiger partial charge in [-0.1, -0.05) is 6.07 Å². The van der Waals surface area contributed by atoms with Crippen molar-refractivity contribution in [3.8, 4) is 11.5 Å². The Morgan fingerprint density at radius 3 is 2.27 bits per heavy atom. The highest BCUT2D eigenvalue weighted by atomic mass is 32.2. The van der Waals surface area contributed by atoms with E-state index >= 15 is 4.39 Å². The number of nitrogens with zero attached hydrogens (tertiary/aromatic N) is 2. The summed E-state index contributed by atoms with van der Waals surface area (Å²) in [5, 5.41) is 4.41. The lowest BCUT2D eigenvalue weighted by atomic mass is 10.1. The molecular formula is C28H27F5N4O6S. The van der Waals surface area contributed by atoms with E-state index in [-0.39, 0.29) is 22.0 Å². The normalized spacial score (nSPS) is 13.0.